The maximum absolute atomic E-state index is 12.7. The van der Waals surface area contributed by atoms with E-state index in [9.17, 15) is 13.2 Å². The van der Waals surface area contributed by atoms with Gasteiger partial charge in [-0.1, -0.05) is 24.3 Å². The average molecular weight is 556 g/mol. The molecular formula is C29H34ClN3O4S. The van der Waals surface area contributed by atoms with Crippen LogP contribution in [0.3, 0.4) is 0 Å². The number of ether oxygens (including phenoxy) is 1. The molecule has 0 spiro atoms. The Hall–Kier alpha value is -3.36. The quantitative estimate of drug-likeness (QED) is 0.226. The average Bonchev–Trinajstić information content (AvgIpc) is 2.89. The topological polar surface area (TPSA) is 81.5 Å². The molecule has 0 saturated heterocycles. The van der Waals surface area contributed by atoms with Crippen molar-refractivity contribution in [3.05, 3.63) is 101 Å². The zero-order chi connectivity index (χ0) is 26.3. The van der Waals surface area contributed by atoms with E-state index in [0.29, 0.717) is 13.2 Å². The van der Waals surface area contributed by atoms with Crippen LogP contribution < -0.4 is 14.6 Å². The summed E-state index contributed by atoms with van der Waals surface area (Å²) in [4.78, 5) is 16.0. The van der Waals surface area contributed by atoms with Gasteiger partial charge in [0.05, 0.1) is 24.1 Å². The van der Waals surface area contributed by atoms with E-state index in [4.69, 9.17) is 4.74 Å². The molecule has 4 rings (SSSR count). The molecule has 2 heterocycles. The molecule has 4 aromatic rings. The number of pyridine rings is 2. The number of rotatable bonds is 12. The van der Waals surface area contributed by atoms with E-state index in [0.717, 1.165) is 65.6 Å². The van der Waals surface area contributed by atoms with Gasteiger partial charge in [0.25, 0.3) is 5.56 Å². The molecule has 0 bridgehead atoms. The van der Waals surface area contributed by atoms with E-state index in [1.807, 2.05) is 60.8 Å². The monoisotopic (exact) mass is 555 g/mol. The Bertz CT molecular complexity index is 1510. The summed E-state index contributed by atoms with van der Waals surface area (Å²) in [5, 5.41) is 0.950. The highest BCUT2D eigenvalue weighted by atomic mass is 35.5. The number of fused-ring (bicyclic) bond motifs is 1. The van der Waals surface area contributed by atoms with Gasteiger partial charge in [-0.05, 0) is 79.6 Å². The van der Waals surface area contributed by atoms with Crippen molar-refractivity contribution in [2.24, 2.45) is 7.05 Å². The van der Waals surface area contributed by atoms with Crippen molar-refractivity contribution in [3.63, 3.8) is 0 Å². The largest absolute Gasteiger partial charge is 0.494 e. The van der Waals surface area contributed by atoms with Crippen molar-refractivity contribution in [2.45, 2.75) is 32.1 Å². The van der Waals surface area contributed by atoms with Crippen LogP contribution in [0, 0.1) is 0 Å². The summed E-state index contributed by atoms with van der Waals surface area (Å²) in [6.07, 6.45) is 8.78. The number of aromatic nitrogens is 2. The van der Waals surface area contributed by atoms with Crippen molar-refractivity contribution in [1.29, 1.82) is 0 Å². The summed E-state index contributed by atoms with van der Waals surface area (Å²) in [7, 11) is -1.67. The third-order valence-electron chi connectivity index (χ3n) is 6.44. The van der Waals surface area contributed by atoms with Gasteiger partial charge in [-0.2, -0.15) is 0 Å². The molecule has 202 valence electrons. The summed E-state index contributed by atoms with van der Waals surface area (Å²) < 4.78 is 34.4. The van der Waals surface area contributed by atoms with Crippen molar-refractivity contribution >= 4 is 39.0 Å². The molecule has 0 aliphatic rings. The second kappa shape index (κ2) is 13.4. The van der Waals surface area contributed by atoms with Crippen molar-refractivity contribution < 1.29 is 13.2 Å². The molecule has 0 saturated carbocycles. The number of aryl methyl sites for hydroxylation is 3. The highest BCUT2D eigenvalue weighted by Gasteiger charge is 2.19. The smallest absolute Gasteiger partial charge is 0.250 e. The highest BCUT2D eigenvalue weighted by Crippen LogP contribution is 2.25. The van der Waals surface area contributed by atoms with Crippen LogP contribution in [0.1, 0.15) is 30.4 Å². The minimum Gasteiger partial charge on any atom is -0.494 e. The lowest BCUT2D eigenvalue weighted by Gasteiger charge is -2.25. The fraction of sp³-hybridized carbons (Fsp3) is 0.310. The number of sulfonamides is 1. The van der Waals surface area contributed by atoms with Gasteiger partial charge in [0.2, 0.25) is 10.0 Å². The number of anilines is 1. The van der Waals surface area contributed by atoms with E-state index in [2.05, 4.69) is 4.98 Å². The maximum Gasteiger partial charge on any atom is 0.250 e. The van der Waals surface area contributed by atoms with E-state index >= 15 is 0 Å². The zero-order valence-corrected chi connectivity index (χ0v) is 23.4. The number of hydrogen-bond acceptors (Lipinski definition) is 5. The molecule has 0 aliphatic heterocycles. The molecule has 0 atom stereocenters. The Morgan fingerprint density at radius 3 is 2.53 bits per heavy atom. The fourth-order valence-electron chi connectivity index (χ4n) is 4.43. The van der Waals surface area contributed by atoms with Crippen LogP contribution in [0.5, 0.6) is 5.75 Å². The van der Waals surface area contributed by atoms with Crippen LogP contribution in [0.2, 0.25) is 0 Å². The molecule has 0 fully saturated rings. The summed E-state index contributed by atoms with van der Waals surface area (Å²) in [6, 6.07) is 20.7. The van der Waals surface area contributed by atoms with Gasteiger partial charge in [-0.3, -0.25) is 14.1 Å². The Kier molecular flexibility index (Phi) is 10.3. The lowest BCUT2D eigenvalue weighted by Crippen LogP contribution is -2.31. The van der Waals surface area contributed by atoms with Gasteiger partial charge in [-0.15, -0.1) is 12.4 Å². The number of benzene rings is 2. The van der Waals surface area contributed by atoms with Crippen molar-refractivity contribution in [2.75, 3.05) is 23.7 Å². The lowest BCUT2D eigenvalue weighted by molar-refractivity contribution is 0.306. The Morgan fingerprint density at radius 2 is 1.76 bits per heavy atom. The number of hydrogen-bond donors (Lipinski definition) is 0. The van der Waals surface area contributed by atoms with Crippen LogP contribution in [0.25, 0.3) is 10.9 Å². The van der Waals surface area contributed by atoms with E-state index < -0.39 is 10.0 Å². The maximum atomic E-state index is 12.7. The minimum atomic E-state index is -3.42. The van der Waals surface area contributed by atoms with Gasteiger partial charge in [0, 0.05) is 37.4 Å². The van der Waals surface area contributed by atoms with Crippen LogP contribution >= 0.6 is 12.4 Å². The number of unbranched alkanes of at least 4 members (excludes halogenated alkanes) is 2. The third-order valence-corrected chi connectivity index (χ3v) is 7.62. The standard InChI is InChI=1S/C29H33N3O4S.ClH/c1-31-27-16-15-26(21-25(27)14-17-29(31)33)36-20-7-3-6-19-32(37(2,34)35)28-11-5-4-10-24(28)13-12-23-9-8-18-30-22-23;/h4-5,8-11,14-18,21-22H,3,6-7,12-13,19-20H2,1-2H3;1H. The predicted octanol–water partition coefficient (Wildman–Crippen LogP) is 5.16. The first-order valence-electron chi connectivity index (χ1n) is 12.5. The summed E-state index contributed by atoms with van der Waals surface area (Å²) in [5.41, 5.74) is 3.70. The van der Waals surface area contributed by atoms with Crippen LogP contribution in [0.4, 0.5) is 5.69 Å². The molecule has 2 aromatic carbocycles. The Labute approximate surface area is 230 Å². The number of nitrogens with zero attached hydrogens (tertiary/aromatic N) is 3. The second-order valence-electron chi connectivity index (χ2n) is 9.19. The number of para-hydroxylation sites is 1. The molecule has 0 unspecified atom stereocenters. The molecule has 0 radical (unpaired) electrons. The van der Waals surface area contributed by atoms with Gasteiger partial charge in [0.1, 0.15) is 5.75 Å². The predicted molar refractivity (Wildman–Crippen MR) is 156 cm³/mol. The summed E-state index contributed by atoms with van der Waals surface area (Å²) in [5.74, 6) is 0.756. The normalized spacial score (nSPS) is 11.2. The van der Waals surface area contributed by atoms with Crippen molar-refractivity contribution in [3.8, 4) is 5.75 Å². The van der Waals surface area contributed by atoms with E-state index in [1.165, 1.54) is 10.6 Å². The van der Waals surface area contributed by atoms with E-state index in [1.54, 1.807) is 29.9 Å². The molecule has 0 amide bonds. The minimum absolute atomic E-state index is 0. The van der Waals surface area contributed by atoms with Crippen LogP contribution in [-0.4, -0.2) is 37.4 Å². The molecule has 2 aromatic heterocycles. The summed E-state index contributed by atoms with van der Waals surface area (Å²) in [6.45, 7) is 0.963. The van der Waals surface area contributed by atoms with Crippen molar-refractivity contribution in [1.82, 2.24) is 9.55 Å². The first-order chi connectivity index (χ1) is 17.8. The Morgan fingerprint density at radius 1 is 0.947 bits per heavy atom. The van der Waals surface area contributed by atoms with E-state index in [-0.39, 0.29) is 18.0 Å². The van der Waals surface area contributed by atoms with Gasteiger partial charge < -0.3 is 9.30 Å². The molecule has 0 N–H and O–H groups in total. The third kappa shape index (κ3) is 7.58. The van der Waals surface area contributed by atoms with Crippen LogP contribution in [0.15, 0.2) is 83.9 Å². The fourth-order valence-corrected chi connectivity index (χ4v) is 5.43. The molecular weight excluding hydrogens is 522 g/mol. The lowest BCUT2D eigenvalue weighted by atomic mass is 10.0. The first kappa shape index (κ1) is 29.2. The molecule has 7 nitrogen and oxygen atoms in total. The SMILES string of the molecule is Cl.Cn1c(=O)ccc2cc(OCCCCCN(c3ccccc3CCc3cccnc3)S(C)(=O)=O)ccc21. The second-order valence-corrected chi connectivity index (χ2v) is 11.1. The summed E-state index contributed by atoms with van der Waals surface area (Å²) >= 11 is 0. The zero-order valence-electron chi connectivity index (χ0n) is 21.7. The Balaban J connectivity index is 0.00000400. The van der Waals surface area contributed by atoms with Gasteiger partial charge in [0.15, 0.2) is 0 Å². The molecule has 9 heteroatoms. The molecule has 0 aliphatic carbocycles. The first-order valence-corrected chi connectivity index (χ1v) is 14.3. The molecule has 38 heavy (non-hydrogen) atoms. The van der Waals surface area contributed by atoms with Gasteiger partial charge >= 0.3 is 0 Å². The van der Waals surface area contributed by atoms with Crippen LogP contribution in [-0.2, 0) is 29.9 Å². The number of halogens is 1. The highest BCUT2D eigenvalue weighted by molar-refractivity contribution is 7.92. The van der Waals surface area contributed by atoms with Gasteiger partial charge in [-0.25, -0.2) is 8.42 Å².